The van der Waals surface area contributed by atoms with E-state index < -0.39 is 0 Å². The summed E-state index contributed by atoms with van der Waals surface area (Å²) in [5, 5.41) is 3.90. The summed E-state index contributed by atoms with van der Waals surface area (Å²) < 4.78 is 0. The second-order valence-electron chi connectivity index (χ2n) is 9.49. The fraction of sp³-hybridized carbons (Fsp3) is 0.708. The zero-order valence-electron chi connectivity index (χ0n) is 17.7. The molecule has 1 N–H and O–H groups in total. The highest BCUT2D eigenvalue weighted by molar-refractivity contribution is 7.76. The third-order valence-electron chi connectivity index (χ3n) is 5.92. The second-order valence-corrected chi connectivity index (χ2v) is 12.2. The van der Waals surface area contributed by atoms with Crippen molar-refractivity contribution in [3.05, 3.63) is 35.9 Å². The number of benzene rings is 1. The molecular formula is C24H39N2P. The molecule has 2 saturated carbocycles. The van der Waals surface area contributed by atoms with E-state index in [-0.39, 0.29) is 13.5 Å². The van der Waals surface area contributed by atoms with E-state index in [0.717, 1.165) is 17.9 Å². The fourth-order valence-corrected chi connectivity index (χ4v) is 8.46. The van der Waals surface area contributed by atoms with Gasteiger partial charge in [-0.25, -0.2) is 0 Å². The molecule has 0 heterocycles. The predicted molar refractivity (Wildman–Crippen MR) is 121 cm³/mol. The van der Waals surface area contributed by atoms with Crippen LogP contribution < -0.4 is 5.32 Å². The van der Waals surface area contributed by atoms with Gasteiger partial charge in [-0.15, -0.1) is 0 Å². The van der Waals surface area contributed by atoms with E-state index in [1.54, 1.807) is 0 Å². The molecule has 0 aromatic heterocycles. The van der Waals surface area contributed by atoms with Crippen LogP contribution in [-0.2, 0) is 6.54 Å². The molecule has 1 aromatic rings. The van der Waals surface area contributed by atoms with E-state index in [0.29, 0.717) is 0 Å². The quantitative estimate of drug-likeness (QED) is 0.326. The van der Waals surface area contributed by atoms with Crippen LogP contribution in [0.15, 0.2) is 35.3 Å². The molecule has 150 valence electrons. The van der Waals surface area contributed by atoms with Gasteiger partial charge in [0.1, 0.15) is 5.58 Å². The molecule has 0 atom stereocenters. The van der Waals surface area contributed by atoms with E-state index >= 15 is 0 Å². The van der Waals surface area contributed by atoms with Crippen molar-refractivity contribution in [2.75, 3.05) is 0 Å². The van der Waals surface area contributed by atoms with E-state index in [1.807, 2.05) is 0 Å². The maximum atomic E-state index is 5.26. The summed E-state index contributed by atoms with van der Waals surface area (Å²) in [5.74, 6) is 0. The highest BCUT2D eigenvalue weighted by Gasteiger charge is 2.35. The van der Waals surface area contributed by atoms with Crippen molar-refractivity contribution in [1.82, 2.24) is 5.32 Å². The molecular weight excluding hydrogens is 347 g/mol. The average Bonchev–Trinajstić information content (AvgIpc) is 2.68. The number of nitrogens with one attached hydrogen (secondary N) is 1. The van der Waals surface area contributed by atoms with Gasteiger partial charge in [-0.1, -0.05) is 68.9 Å². The van der Waals surface area contributed by atoms with Gasteiger partial charge in [-0.2, -0.15) is 0 Å². The summed E-state index contributed by atoms with van der Waals surface area (Å²) >= 11 is 0. The van der Waals surface area contributed by atoms with Crippen molar-refractivity contribution in [1.29, 1.82) is 0 Å². The maximum absolute atomic E-state index is 5.26. The molecule has 3 rings (SSSR count). The van der Waals surface area contributed by atoms with Gasteiger partial charge in [0.25, 0.3) is 0 Å². The van der Waals surface area contributed by atoms with Crippen molar-refractivity contribution in [2.45, 2.75) is 108 Å². The number of rotatable bonds is 5. The molecule has 0 unspecified atom stereocenters. The lowest BCUT2D eigenvalue weighted by Crippen LogP contribution is -2.42. The van der Waals surface area contributed by atoms with Gasteiger partial charge in [-0.05, 0) is 71.3 Å². The van der Waals surface area contributed by atoms with Gasteiger partial charge in [0.15, 0.2) is 0 Å². The normalized spacial score (nSPS) is 20.8. The molecule has 0 spiro atoms. The maximum Gasteiger partial charge on any atom is 0.121 e. The molecule has 2 fully saturated rings. The highest BCUT2D eigenvalue weighted by atomic mass is 31.1. The Hall–Kier alpha value is -0.880. The summed E-state index contributed by atoms with van der Waals surface area (Å²) in [5.41, 5.74) is 4.56. The number of hydrogen-bond donors (Lipinski definition) is 1. The fourth-order valence-electron chi connectivity index (χ4n) is 4.63. The van der Waals surface area contributed by atoms with Crippen LogP contribution in [-0.4, -0.2) is 22.4 Å². The first-order valence-corrected chi connectivity index (χ1v) is 12.7. The Morgan fingerprint density at radius 1 is 0.889 bits per heavy atom. The molecule has 2 nitrogen and oxygen atoms in total. The minimum absolute atomic E-state index is 0.0828. The van der Waals surface area contributed by atoms with Crippen LogP contribution >= 0.6 is 7.92 Å². The zero-order valence-corrected chi connectivity index (χ0v) is 18.6. The van der Waals surface area contributed by atoms with E-state index in [9.17, 15) is 0 Å². The van der Waals surface area contributed by atoms with Crippen LogP contribution in [0.25, 0.3) is 0 Å². The van der Waals surface area contributed by atoms with Gasteiger partial charge in [0.2, 0.25) is 0 Å². The van der Waals surface area contributed by atoms with Crippen molar-refractivity contribution in [2.24, 2.45) is 4.99 Å². The van der Waals surface area contributed by atoms with Gasteiger partial charge in [-0.3, -0.25) is 4.99 Å². The van der Waals surface area contributed by atoms with Gasteiger partial charge >= 0.3 is 0 Å². The number of nitrogens with zero attached hydrogens (tertiary/aromatic N) is 1. The Morgan fingerprint density at radius 3 is 1.89 bits per heavy atom. The van der Waals surface area contributed by atoms with Crippen LogP contribution in [0.3, 0.4) is 0 Å². The molecule has 0 amide bonds. The Bertz CT molecular complexity index is 560. The van der Waals surface area contributed by atoms with Crippen LogP contribution in [0.2, 0.25) is 0 Å². The Balaban J connectivity index is 1.87. The minimum atomic E-state index is -0.182. The molecule has 27 heavy (non-hydrogen) atoms. The molecule has 2 aliphatic carbocycles. The Labute approximate surface area is 168 Å². The zero-order chi connectivity index (χ0) is 19.1. The topological polar surface area (TPSA) is 24.4 Å². The first-order valence-electron chi connectivity index (χ1n) is 11.2. The summed E-state index contributed by atoms with van der Waals surface area (Å²) in [6, 6.07) is 10.8. The summed E-state index contributed by atoms with van der Waals surface area (Å²) in [6.45, 7) is 7.69. The first kappa shape index (κ1) is 20.8. The van der Waals surface area contributed by atoms with Gasteiger partial charge in [0, 0.05) is 5.54 Å². The molecule has 0 aliphatic heterocycles. The van der Waals surface area contributed by atoms with Crippen molar-refractivity contribution >= 4 is 13.5 Å². The third-order valence-corrected chi connectivity index (χ3v) is 9.27. The van der Waals surface area contributed by atoms with Gasteiger partial charge < -0.3 is 5.32 Å². The summed E-state index contributed by atoms with van der Waals surface area (Å²) in [4.78, 5) is 5.26. The van der Waals surface area contributed by atoms with E-state index in [4.69, 9.17) is 4.99 Å². The van der Waals surface area contributed by atoms with Crippen molar-refractivity contribution in [3.63, 3.8) is 0 Å². The summed E-state index contributed by atoms with van der Waals surface area (Å²) in [6.07, 6.45) is 14.3. The molecule has 0 saturated heterocycles. The smallest absolute Gasteiger partial charge is 0.121 e. The number of aliphatic imine (C=N–C) groups is 1. The first-order chi connectivity index (χ1) is 13.0. The number of amidine groups is 1. The van der Waals surface area contributed by atoms with Gasteiger partial charge in [0.05, 0.1) is 6.54 Å². The molecule has 0 bridgehead atoms. The van der Waals surface area contributed by atoms with E-state index in [1.165, 1.54) is 75.3 Å². The number of hydrogen-bond acceptors (Lipinski definition) is 1. The SMILES string of the molecule is CC(C)(C)NC(=NCc1ccccc1)P(C1CCCCC1)C1CCCCC1. The van der Waals surface area contributed by atoms with E-state index in [2.05, 4.69) is 56.4 Å². The minimum Gasteiger partial charge on any atom is -0.366 e. The van der Waals surface area contributed by atoms with Crippen molar-refractivity contribution in [3.8, 4) is 0 Å². The standard InChI is InChI=1S/C24H39N2P/c1-24(2,3)26-23(25-19-20-13-7-4-8-14-20)27(21-15-9-5-10-16-21)22-17-11-6-12-18-22/h4,7-8,13-14,21-22H,5-6,9-12,15-19H2,1-3H3,(H,25,26). The monoisotopic (exact) mass is 386 g/mol. The molecule has 3 heteroatoms. The molecule has 2 aliphatic rings. The lowest BCUT2D eigenvalue weighted by Gasteiger charge is -2.41. The lowest BCUT2D eigenvalue weighted by molar-refractivity contribution is 0.483. The van der Waals surface area contributed by atoms with Crippen LogP contribution in [0, 0.1) is 0 Å². The van der Waals surface area contributed by atoms with Crippen LogP contribution in [0.1, 0.15) is 90.5 Å². The van der Waals surface area contributed by atoms with Crippen LogP contribution in [0.4, 0.5) is 0 Å². The molecule has 1 aromatic carbocycles. The third kappa shape index (κ3) is 6.60. The lowest BCUT2D eigenvalue weighted by atomic mass is 9.99. The Morgan fingerprint density at radius 2 is 1.41 bits per heavy atom. The van der Waals surface area contributed by atoms with Crippen LogP contribution in [0.5, 0.6) is 0 Å². The summed E-state index contributed by atoms with van der Waals surface area (Å²) in [7, 11) is -0.182. The average molecular weight is 387 g/mol. The highest BCUT2D eigenvalue weighted by Crippen LogP contribution is 2.56. The van der Waals surface area contributed by atoms with Crippen molar-refractivity contribution < 1.29 is 0 Å². The second kappa shape index (κ2) is 10.1. The molecule has 0 radical (unpaired) electrons. The Kier molecular flexibility index (Phi) is 7.76. The largest absolute Gasteiger partial charge is 0.366 e. The predicted octanol–water partition coefficient (Wildman–Crippen LogP) is 7.08.